The minimum absolute atomic E-state index is 0.0430. The number of fused-ring (bicyclic) bond motifs is 1. The molecule has 3 aliphatic rings. The maximum absolute atomic E-state index is 13.7. The summed E-state index contributed by atoms with van der Waals surface area (Å²) in [6, 6.07) is 6.21. The van der Waals surface area contributed by atoms with E-state index in [0.29, 0.717) is 24.5 Å². The summed E-state index contributed by atoms with van der Waals surface area (Å²) >= 11 is 0. The van der Waals surface area contributed by atoms with Gasteiger partial charge in [-0.3, -0.25) is 19.1 Å². The highest BCUT2D eigenvalue weighted by atomic mass is 32.2. The first-order valence-corrected chi connectivity index (χ1v) is 15.4. The summed E-state index contributed by atoms with van der Waals surface area (Å²) in [6.07, 6.45) is 3.46. The Morgan fingerprint density at radius 1 is 1.26 bits per heavy atom. The highest BCUT2D eigenvalue weighted by Crippen LogP contribution is 2.45. The Hall–Kier alpha value is -3.71. The zero-order chi connectivity index (χ0) is 30.4. The molecule has 13 heteroatoms. The molecular weight excluding hydrogens is 564 g/mol. The van der Waals surface area contributed by atoms with Gasteiger partial charge in [-0.2, -0.15) is 0 Å². The molecule has 1 aliphatic heterocycles. The first-order chi connectivity index (χ1) is 19.8. The number of benzene rings is 1. The van der Waals surface area contributed by atoms with E-state index in [-0.39, 0.29) is 25.8 Å². The summed E-state index contributed by atoms with van der Waals surface area (Å²) in [6.45, 7) is 6.76. The van der Waals surface area contributed by atoms with Crippen LogP contribution in [0, 0.1) is 5.92 Å². The van der Waals surface area contributed by atoms with Crippen molar-refractivity contribution in [2.24, 2.45) is 5.92 Å². The van der Waals surface area contributed by atoms with Crippen LogP contribution in [0.2, 0.25) is 0 Å². The number of hydrogen-bond acceptors (Lipinski definition) is 9. The van der Waals surface area contributed by atoms with E-state index in [0.717, 1.165) is 10.8 Å². The lowest BCUT2D eigenvalue weighted by Crippen LogP contribution is -2.56. The van der Waals surface area contributed by atoms with Crippen LogP contribution in [0.4, 0.5) is 0 Å². The fraction of sp³-hybridized carbons (Fsp3) is 0.517. The van der Waals surface area contributed by atoms with E-state index in [1.54, 1.807) is 19.4 Å². The normalized spacial score (nSPS) is 25.5. The van der Waals surface area contributed by atoms with Crippen LogP contribution in [0.5, 0.6) is 11.6 Å². The second-order valence-electron chi connectivity index (χ2n) is 11.9. The Kier molecular flexibility index (Phi) is 7.69. The summed E-state index contributed by atoms with van der Waals surface area (Å²) in [4.78, 5) is 45.9. The van der Waals surface area contributed by atoms with Gasteiger partial charge in [-0.1, -0.05) is 6.08 Å². The molecule has 2 aliphatic carbocycles. The number of aromatic nitrogens is 1. The number of carbonyl (C=O) groups is 3. The third-order valence-electron chi connectivity index (χ3n) is 7.93. The van der Waals surface area contributed by atoms with Crippen LogP contribution in [0.1, 0.15) is 46.0 Å². The van der Waals surface area contributed by atoms with E-state index in [2.05, 4.69) is 21.6 Å². The Morgan fingerprint density at radius 2 is 2.00 bits per heavy atom. The molecule has 0 bridgehead atoms. The summed E-state index contributed by atoms with van der Waals surface area (Å²) in [5.41, 5.74) is -2.81. The Morgan fingerprint density at radius 3 is 2.62 bits per heavy atom. The van der Waals surface area contributed by atoms with E-state index in [4.69, 9.17) is 9.47 Å². The number of amides is 3. The lowest BCUT2D eigenvalue weighted by Gasteiger charge is -2.28. The number of pyridine rings is 1. The maximum atomic E-state index is 13.7. The molecule has 0 spiro atoms. The van der Waals surface area contributed by atoms with Crippen LogP contribution in [0.15, 0.2) is 43.1 Å². The van der Waals surface area contributed by atoms with Crippen molar-refractivity contribution in [3.05, 3.63) is 43.1 Å². The Labute approximate surface area is 244 Å². The van der Waals surface area contributed by atoms with Crippen molar-refractivity contribution in [1.82, 2.24) is 19.9 Å². The molecule has 0 radical (unpaired) electrons. The van der Waals surface area contributed by atoms with E-state index in [1.807, 2.05) is 18.2 Å². The summed E-state index contributed by atoms with van der Waals surface area (Å²) in [7, 11) is -2.27. The molecule has 1 aromatic heterocycles. The predicted octanol–water partition coefficient (Wildman–Crippen LogP) is 1.42. The number of carbonyl (C=O) groups excluding carboxylic acids is 3. The molecular formula is C29H36N4O8S. The van der Waals surface area contributed by atoms with Crippen molar-refractivity contribution < 1.29 is 37.4 Å². The van der Waals surface area contributed by atoms with Gasteiger partial charge in [0.1, 0.15) is 23.4 Å². The van der Waals surface area contributed by atoms with Gasteiger partial charge in [0.05, 0.1) is 30.9 Å². The zero-order valence-electron chi connectivity index (χ0n) is 23.8. The number of rotatable bonds is 11. The maximum Gasteiger partial charge on any atom is 0.259 e. The van der Waals surface area contributed by atoms with Crippen LogP contribution >= 0.6 is 0 Å². The molecule has 4 unspecified atom stereocenters. The van der Waals surface area contributed by atoms with Gasteiger partial charge in [-0.25, -0.2) is 13.4 Å². The molecule has 226 valence electrons. The van der Waals surface area contributed by atoms with Crippen molar-refractivity contribution in [2.75, 3.05) is 13.7 Å². The minimum atomic E-state index is -3.84. The van der Waals surface area contributed by atoms with Gasteiger partial charge in [-0.05, 0) is 62.8 Å². The zero-order valence-corrected chi connectivity index (χ0v) is 24.6. The van der Waals surface area contributed by atoms with Crippen LogP contribution in [-0.4, -0.2) is 83.3 Å². The van der Waals surface area contributed by atoms with Crippen LogP contribution in [0.3, 0.4) is 0 Å². The minimum Gasteiger partial charge on any atom is -0.497 e. The number of nitrogens with one attached hydrogen (secondary N) is 2. The molecule has 3 N–H and O–H groups in total. The molecule has 3 amide bonds. The third-order valence-corrected chi connectivity index (χ3v) is 9.75. The lowest BCUT2D eigenvalue weighted by molar-refractivity contribution is -0.142. The van der Waals surface area contributed by atoms with Gasteiger partial charge < -0.3 is 24.8 Å². The highest BCUT2D eigenvalue weighted by Gasteiger charge is 2.62. The van der Waals surface area contributed by atoms with Crippen LogP contribution < -0.4 is 19.5 Å². The SMILES string of the molecule is C=CC1CC1(NC(=O)C1CC(Oc2nccc3cc(OC)ccc23)CN1C(=O)CC(C)(C)O)C(=O)NS(=O)(=O)C1CC1. The average Bonchev–Trinajstić information content (AvgIpc) is 3.84. The summed E-state index contributed by atoms with van der Waals surface area (Å²) < 4.78 is 38.6. The second kappa shape index (κ2) is 10.8. The standard InChI is InChI=1S/C29H36N4O8S/c1-5-18-14-29(18,27(36)32-42(38,39)21-7-8-21)31-25(35)23-13-20(16-33(23)24(34)15-28(2,3)37)41-26-22-9-6-19(40-4)12-17(22)10-11-30-26/h5-6,9-12,18,20-21,23,37H,1,7-8,13-16H2,2-4H3,(H,31,35)(H,32,36). The van der Waals surface area contributed by atoms with Gasteiger partial charge in [0.25, 0.3) is 5.91 Å². The van der Waals surface area contributed by atoms with E-state index in [1.165, 1.54) is 24.8 Å². The van der Waals surface area contributed by atoms with Gasteiger partial charge in [0, 0.05) is 23.9 Å². The summed E-state index contributed by atoms with van der Waals surface area (Å²) in [5.74, 6) is -1.38. The number of likely N-dealkylation sites (tertiary alicyclic amines) is 1. The molecule has 3 fully saturated rings. The van der Waals surface area contributed by atoms with Gasteiger partial charge >= 0.3 is 0 Å². The van der Waals surface area contributed by atoms with Crippen LogP contribution in [0.25, 0.3) is 10.8 Å². The average molecular weight is 601 g/mol. The van der Waals surface area contributed by atoms with Crippen LogP contribution in [-0.2, 0) is 24.4 Å². The summed E-state index contributed by atoms with van der Waals surface area (Å²) in [5, 5.41) is 14.0. The van der Waals surface area contributed by atoms with Crippen molar-refractivity contribution in [1.29, 1.82) is 0 Å². The predicted molar refractivity (Wildman–Crippen MR) is 153 cm³/mol. The second-order valence-corrected chi connectivity index (χ2v) is 13.9. The Balaban J connectivity index is 1.37. The number of aliphatic hydroxyl groups is 1. The number of methoxy groups -OCH3 is 1. The topological polar surface area (TPSA) is 164 Å². The fourth-order valence-corrected chi connectivity index (χ4v) is 6.77. The molecule has 2 saturated carbocycles. The molecule has 5 rings (SSSR count). The van der Waals surface area contributed by atoms with Gasteiger partial charge in [0.15, 0.2) is 0 Å². The lowest BCUT2D eigenvalue weighted by atomic mass is 10.0. The van der Waals surface area contributed by atoms with E-state index in [9.17, 15) is 27.9 Å². The van der Waals surface area contributed by atoms with Crippen molar-refractivity contribution in [2.45, 2.75) is 74.5 Å². The number of nitrogens with zero attached hydrogens (tertiary/aromatic N) is 2. The van der Waals surface area contributed by atoms with Gasteiger partial charge in [0.2, 0.25) is 27.7 Å². The highest BCUT2D eigenvalue weighted by molar-refractivity contribution is 7.91. The largest absolute Gasteiger partial charge is 0.497 e. The first-order valence-electron chi connectivity index (χ1n) is 13.9. The molecule has 12 nitrogen and oxygen atoms in total. The van der Waals surface area contributed by atoms with E-state index < -0.39 is 62.2 Å². The molecule has 1 saturated heterocycles. The Bertz CT molecular complexity index is 1530. The molecule has 1 aromatic carbocycles. The van der Waals surface area contributed by atoms with E-state index >= 15 is 0 Å². The fourth-order valence-electron chi connectivity index (χ4n) is 5.40. The molecule has 2 heterocycles. The molecule has 42 heavy (non-hydrogen) atoms. The van der Waals surface area contributed by atoms with Crippen molar-refractivity contribution >= 4 is 38.5 Å². The van der Waals surface area contributed by atoms with Gasteiger partial charge in [-0.15, -0.1) is 6.58 Å². The monoisotopic (exact) mass is 600 g/mol. The smallest absolute Gasteiger partial charge is 0.259 e. The molecule has 2 aromatic rings. The number of sulfonamides is 1. The van der Waals surface area contributed by atoms with Crippen molar-refractivity contribution in [3.63, 3.8) is 0 Å². The first kappa shape index (κ1) is 29.8. The van der Waals surface area contributed by atoms with Crippen molar-refractivity contribution in [3.8, 4) is 11.6 Å². The third kappa shape index (κ3) is 6.07. The number of ether oxygens (including phenoxy) is 2. The number of hydrogen-bond donors (Lipinski definition) is 3. The quantitative estimate of drug-likeness (QED) is 0.324. The molecule has 4 atom stereocenters.